The first-order valence-corrected chi connectivity index (χ1v) is 4.53. The summed E-state index contributed by atoms with van der Waals surface area (Å²) in [5.41, 5.74) is 0.888. The highest BCUT2D eigenvalue weighted by molar-refractivity contribution is 5.70. The third kappa shape index (κ3) is 3.99. The van der Waals surface area contributed by atoms with Crippen molar-refractivity contribution in [2.45, 2.75) is 6.61 Å². The second-order valence-electron chi connectivity index (χ2n) is 2.95. The Bertz CT molecular complexity index is 322. The summed E-state index contributed by atoms with van der Waals surface area (Å²) in [6.45, 7) is 0.212. The molecule has 82 valence electrons. The summed E-state index contributed by atoms with van der Waals surface area (Å²) in [6, 6.07) is 7.36. The Balaban J connectivity index is 2.46. The maximum Gasteiger partial charge on any atom is 0.332 e. The molecule has 0 aliphatic rings. The maximum atomic E-state index is 11.0. The number of benzene rings is 1. The summed E-state index contributed by atoms with van der Waals surface area (Å²) >= 11 is 0. The molecule has 0 aliphatic carbocycles. The zero-order chi connectivity index (χ0) is 11.1. The Morgan fingerprint density at radius 2 is 2.13 bits per heavy atom. The molecular formula is C11H14O4. The van der Waals surface area contributed by atoms with Crippen molar-refractivity contribution in [2.75, 3.05) is 20.8 Å². The fraction of sp³-hybridized carbons (Fsp3) is 0.364. The van der Waals surface area contributed by atoms with Gasteiger partial charge in [0.1, 0.15) is 19.0 Å². The van der Waals surface area contributed by atoms with Crippen molar-refractivity contribution < 1.29 is 19.0 Å². The van der Waals surface area contributed by atoms with Gasteiger partial charge in [0.15, 0.2) is 0 Å². The van der Waals surface area contributed by atoms with Gasteiger partial charge >= 0.3 is 5.97 Å². The predicted octanol–water partition coefficient (Wildman–Crippen LogP) is 1.38. The Labute approximate surface area is 88.8 Å². The van der Waals surface area contributed by atoms with E-state index < -0.39 is 0 Å². The summed E-state index contributed by atoms with van der Waals surface area (Å²) in [6.07, 6.45) is 0. The van der Waals surface area contributed by atoms with E-state index in [-0.39, 0.29) is 19.2 Å². The van der Waals surface area contributed by atoms with Gasteiger partial charge in [0.05, 0.1) is 7.11 Å². The molecule has 1 aromatic rings. The van der Waals surface area contributed by atoms with Crippen molar-refractivity contribution >= 4 is 5.97 Å². The second kappa shape index (κ2) is 6.03. The lowest BCUT2D eigenvalue weighted by Gasteiger charge is -2.05. The molecule has 4 heteroatoms. The molecule has 0 bridgehead atoms. The highest BCUT2D eigenvalue weighted by Gasteiger charge is 2.02. The van der Waals surface area contributed by atoms with E-state index >= 15 is 0 Å². The van der Waals surface area contributed by atoms with Crippen LogP contribution in [0.15, 0.2) is 24.3 Å². The van der Waals surface area contributed by atoms with Gasteiger partial charge in [-0.25, -0.2) is 4.79 Å². The fourth-order valence-corrected chi connectivity index (χ4v) is 1.09. The van der Waals surface area contributed by atoms with Crippen molar-refractivity contribution in [3.63, 3.8) is 0 Å². The van der Waals surface area contributed by atoms with Crippen LogP contribution < -0.4 is 4.74 Å². The summed E-state index contributed by atoms with van der Waals surface area (Å²) in [5, 5.41) is 0. The van der Waals surface area contributed by atoms with Gasteiger partial charge in [-0.3, -0.25) is 0 Å². The first-order valence-electron chi connectivity index (χ1n) is 4.53. The highest BCUT2D eigenvalue weighted by Crippen LogP contribution is 2.13. The smallest absolute Gasteiger partial charge is 0.332 e. The van der Waals surface area contributed by atoms with Crippen LogP contribution in [0.4, 0.5) is 0 Å². The minimum Gasteiger partial charge on any atom is -0.497 e. The third-order valence-electron chi connectivity index (χ3n) is 1.80. The first-order chi connectivity index (χ1) is 7.26. The van der Waals surface area contributed by atoms with E-state index in [2.05, 4.69) is 4.74 Å². The number of carbonyl (C=O) groups is 1. The minimum absolute atomic E-state index is 0.0238. The minimum atomic E-state index is -0.375. The third-order valence-corrected chi connectivity index (χ3v) is 1.80. The summed E-state index contributed by atoms with van der Waals surface area (Å²) in [7, 11) is 3.04. The van der Waals surface area contributed by atoms with Gasteiger partial charge in [0.25, 0.3) is 0 Å². The molecular weight excluding hydrogens is 196 g/mol. The quantitative estimate of drug-likeness (QED) is 0.689. The van der Waals surface area contributed by atoms with Crippen LogP contribution in [0.2, 0.25) is 0 Å². The zero-order valence-corrected chi connectivity index (χ0v) is 8.86. The van der Waals surface area contributed by atoms with Gasteiger partial charge in [-0.2, -0.15) is 0 Å². The van der Waals surface area contributed by atoms with Gasteiger partial charge in [0, 0.05) is 7.11 Å². The molecule has 0 heterocycles. The maximum absolute atomic E-state index is 11.0. The molecule has 4 nitrogen and oxygen atoms in total. The lowest BCUT2D eigenvalue weighted by molar-refractivity contribution is -0.149. The van der Waals surface area contributed by atoms with Crippen molar-refractivity contribution in [2.24, 2.45) is 0 Å². The van der Waals surface area contributed by atoms with E-state index in [1.165, 1.54) is 7.11 Å². The van der Waals surface area contributed by atoms with Crippen molar-refractivity contribution in [1.29, 1.82) is 0 Å². The van der Waals surface area contributed by atoms with Crippen LogP contribution in [0.5, 0.6) is 5.75 Å². The van der Waals surface area contributed by atoms with E-state index in [0.29, 0.717) is 0 Å². The molecule has 0 atom stereocenters. The molecule has 0 fully saturated rings. The Morgan fingerprint density at radius 1 is 1.33 bits per heavy atom. The average molecular weight is 210 g/mol. The molecule has 0 saturated carbocycles. The molecule has 0 aromatic heterocycles. The number of esters is 1. The van der Waals surface area contributed by atoms with Crippen LogP contribution in [-0.2, 0) is 20.9 Å². The number of carbonyl (C=O) groups excluding carboxylic acids is 1. The Hall–Kier alpha value is -1.55. The van der Waals surface area contributed by atoms with Crippen LogP contribution in [0.3, 0.4) is 0 Å². The monoisotopic (exact) mass is 210 g/mol. The van der Waals surface area contributed by atoms with Gasteiger partial charge < -0.3 is 14.2 Å². The molecule has 0 amide bonds. The molecule has 0 aliphatic heterocycles. The molecule has 0 radical (unpaired) electrons. The molecule has 0 unspecified atom stereocenters. The van der Waals surface area contributed by atoms with Crippen molar-refractivity contribution in [1.82, 2.24) is 0 Å². The highest BCUT2D eigenvalue weighted by atomic mass is 16.6. The standard InChI is InChI=1S/C11H14O4/c1-13-8-11(12)15-7-9-4-3-5-10(6-9)14-2/h3-6H,7-8H2,1-2H3. The summed E-state index contributed by atoms with van der Waals surface area (Å²) < 4.78 is 14.6. The lowest BCUT2D eigenvalue weighted by atomic mass is 10.2. The lowest BCUT2D eigenvalue weighted by Crippen LogP contribution is -2.10. The van der Waals surface area contributed by atoms with Crippen LogP contribution in [0.1, 0.15) is 5.56 Å². The van der Waals surface area contributed by atoms with E-state index in [1.54, 1.807) is 7.11 Å². The van der Waals surface area contributed by atoms with Gasteiger partial charge in [-0.15, -0.1) is 0 Å². The van der Waals surface area contributed by atoms with Crippen LogP contribution in [0.25, 0.3) is 0 Å². The van der Waals surface area contributed by atoms with E-state index in [1.807, 2.05) is 24.3 Å². The number of hydrogen-bond donors (Lipinski definition) is 0. The van der Waals surface area contributed by atoms with Crippen LogP contribution in [0, 0.1) is 0 Å². The Morgan fingerprint density at radius 3 is 2.80 bits per heavy atom. The molecule has 1 aromatic carbocycles. The number of ether oxygens (including phenoxy) is 3. The zero-order valence-electron chi connectivity index (χ0n) is 8.86. The predicted molar refractivity (Wildman–Crippen MR) is 54.7 cm³/mol. The van der Waals surface area contributed by atoms with Gasteiger partial charge in [0.2, 0.25) is 0 Å². The van der Waals surface area contributed by atoms with Crippen LogP contribution in [-0.4, -0.2) is 26.8 Å². The van der Waals surface area contributed by atoms with E-state index in [9.17, 15) is 4.79 Å². The SMILES string of the molecule is COCC(=O)OCc1cccc(OC)c1. The van der Waals surface area contributed by atoms with E-state index in [4.69, 9.17) is 9.47 Å². The van der Waals surface area contributed by atoms with Crippen LogP contribution >= 0.6 is 0 Å². The first kappa shape index (κ1) is 11.5. The fourth-order valence-electron chi connectivity index (χ4n) is 1.09. The summed E-state index contributed by atoms with van der Waals surface area (Å²) in [5.74, 6) is 0.371. The molecule has 1 rings (SSSR count). The van der Waals surface area contributed by atoms with Crippen molar-refractivity contribution in [3.05, 3.63) is 29.8 Å². The van der Waals surface area contributed by atoms with Gasteiger partial charge in [-0.1, -0.05) is 12.1 Å². The summed E-state index contributed by atoms with van der Waals surface area (Å²) in [4.78, 5) is 11.0. The molecule has 0 N–H and O–H groups in total. The number of rotatable bonds is 5. The van der Waals surface area contributed by atoms with Crippen molar-refractivity contribution in [3.8, 4) is 5.75 Å². The number of methoxy groups -OCH3 is 2. The Kier molecular flexibility index (Phi) is 4.63. The largest absolute Gasteiger partial charge is 0.497 e. The second-order valence-corrected chi connectivity index (χ2v) is 2.95. The molecule has 15 heavy (non-hydrogen) atoms. The normalized spacial score (nSPS) is 9.73. The average Bonchev–Trinajstić information content (AvgIpc) is 2.27. The van der Waals surface area contributed by atoms with Gasteiger partial charge in [-0.05, 0) is 17.7 Å². The van der Waals surface area contributed by atoms with E-state index in [0.717, 1.165) is 11.3 Å². The molecule has 0 spiro atoms. The molecule has 0 saturated heterocycles. The number of hydrogen-bond acceptors (Lipinski definition) is 4. The topological polar surface area (TPSA) is 44.8 Å².